The average Bonchev–Trinajstić information content (AvgIpc) is 3.05. The van der Waals surface area contributed by atoms with Gasteiger partial charge in [-0.05, 0) is 120 Å². The Morgan fingerprint density at radius 1 is 0.488 bits per heavy atom. The molecule has 0 aliphatic heterocycles. The van der Waals surface area contributed by atoms with Gasteiger partial charge in [0.2, 0.25) is 0 Å². The first kappa shape index (κ1) is 30.1. The molecule has 3 nitrogen and oxygen atoms in total. The lowest BCUT2D eigenvalue weighted by Gasteiger charge is -2.28. The third kappa shape index (κ3) is 6.92. The van der Waals surface area contributed by atoms with Crippen LogP contribution in [0.4, 0.5) is 0 Å². The van der Waals surface area contributed by atoms with Crippen LogP contribution in [-0.2, 0) is 0 Å². The summed E-state index contributed by atoms with van der Waals surface area (Å²) in [6, 6.07) is 19.1. The minimum atomic E-state index is 0.146. The van der Waals surface area contributed by atoms with E-state index in [1.54, 1.807) is 0 Å². The summed E-state index contributed by atoms with van der Waals surface area (Å²) >= 11 is 0. The van der Waals surface area contributed by atoms with E-state index in [0.717, 1.165) is 48.8 Å². The molecule has 0 radical (unpaired) electrons. The molecule has 1 unspecified atom stereocenters. The predicted octanol–water partition coefficient (Wildman–Crippen LogP) is 11.3. The second kappa shape index (κ2) is 13.8. The molecule has 0 heterocycles. The maximum absolute atomic E-state index is 11.0. The molecule has 3 aliphatic carbocycles. The number of rotatable bonds is 8. The maximum atomic E-state index is 11.0. The van der Waals surface area contributed by atoms with Crippen LogP contribution in [0.1, 0.15) is 173 Å². The molecule has 0 bridgehead atoms. The van der Waals surface area contributed by atoms with Crippen molar-refractivity contribution in [3.8, 4) is 17.2 Å². The van der Waals surface area contributed by atoms with Crippen molar-refractivity contribution >= 4 is 0 Å². The van der Waals surface area contributed by atoms with Crippen LogP contribution in [-0.4, -0.2) is 15.3 Å². The van der Waals surface area contributed by atoms with Gasteiger partial charge in [-0.2, -0.15) is 0 Å². The van der Waals surface area contributed by atoms with Gasteiger partial charge in [-0.1, -0.05) is 101 Å². The van der Waals surface area contributed by atoms with Crippen molar-refractivity contribution < 1.29 is 15.3 Å². The molecule has 6 rings (SSSR count). The van der Waals surface area contributed by atoms with Crippen LogP contribution in [0.3, 0.4) is 0 Å². The minimum Gasteiger partial charge on any atom is -0.508 e. The van der Waals surface area contributed by atoms with Gasteiger partial charge in [-0.15, -0.1) is 0 Å². The highest BCUT2D eigenvalue weighted by molar-refractivity contribution is 5.47. The van der Waals surface area contributed by atoms with Gasteiger partial charge in [0.05, 0.1) is 0 Å². The molecule has 3 aliphatic rings. The number of benzene rings is 3. The SMILES string of the molecule is CC(CC(c1ccc(O)c(C2CCCCC2)c1)c1ccc(O)c(C2CCCCC2)c1)c1ccc(O)c(C2CCCCC2)c1. The zero-order chi connectivity index (χ0) is 29.8. The van der Waals surface area contributed by atoms with Crippen LogP contribution >= 0.6 is 0 Å². The highest BCUT2D eigenvalue weighted by atomic mass is 16.3. The first-order chi connectivity index (χ1) is 21.0. The molecule has 3 saturated carbocycles. The quantitative estimate of drug-likeness (QED) is 0.248. The molecule has 1 atom stereocenters. The molecule has 0 aromatic heterocycles. The number of phenols is 3. The second-order valence-electron chi connectivity index (χ2n) is 14.1. The molecule has 0 saturated heterocycles. The maximum Gasteiger partial charge on any atom is 0.119 e. The van der Waals surface area contributed by atoms with E-state index in [2.05, 4.69) is 43.3 Å². The van der Waals surface area contributed by atoms with E-state index in [0.29, 0.717) is 35.0 Å². The fourth-order valence-corrected chi connectivity index (χ4v) is 8.64. The van der Waals surface area contributed by atoms with E-state index in [1.807, 2.05) is 18.2 Å². The second-order valence-corrected chi connectivity index (χ2v) is 14.1. The summed E-state index contributed by atoms with van der Waals surface area (Å²) in [6.45, 7) is 2.33. The van der Waals surface area contributed by atoms with Crippen LogP contribution in [0.15, 0.2) is 54.6 Å². The normalized spacial score (nSPS) is 20.0. The Hall–Kier alpha value is -2.94. The number of aromatic hydroxyl groups is 3. The largest absolute Gasteiger partial charge is 0.508 e. The Morgan fingerprint density at radius 3 is 1.19 bits per heavy atom. The molecular formula is C40H52O3. The van der Waals surface area contributed by atoms with Crippen LogP contribution in [0.2, 0.25) is 0 Å². The first-order valence-electron chi connectivity index (χ1n) is 17.5. The highest BCUT2D eigenvalue weighted by Gasteiger charge is 2.27. The minimum absolute atomic E-state index is 0.146. The van der Waals surface area contributed by atoms with Crippen LogP contribution in [0, 0.1) is 0 Å². The molecule has 3 N–H and O–H groups in total. The molecule has 3 aromatic carbocycles. The van der Waals surface area contributed by atoms with Crippen LogP contribution in [0.25, 0.3) is 0 Å². The molecule has 43 heavy (non-hydrogen) atoms. The number of phenolic OH excluding ortho intramolecular Hbond substituents is 3. The molecule has 230 valence electrons. The van der Waals surface area contributed by atoms with Crippen molar-refractivity contribution in [3.05, 3.63) is 88.0 Å². The van der Waals surface area contributed by atoms with Gasteiger partial charge in [0.15, 0.2) is 0 Å². The molecular weight excluding hydrogens is 528 g/mol. The van der Waals surface area contributed by atoms with E-state index in [1.165, 1.54) is 87.3 Å². The Labute approximate surface area is 259 Å². The first-order valence-corrected chi connectivity index (χ1v) is 17.5. The van der Waals surface area contributed by atoms with Gasteiger partial charge in [0, 0.05) is 5.92 Å². The Morgan fingerprint density at radius 2 is 0.814 bits per heavy atom. The van der Waals surface area contributed by atoms with Crippen LogP contribution in [0.5, 0.6) is 17.2 Å². The zero-order valence-electron chi connectivity index (χ0n) is 26.2. The van der Waals surface area contributed by atoms with Gasteiger partial charge >= 0.3 is 0 Å². The summed E-state index contributed by atoms with van der Waals surface area (Å²) in [7, 11) is 0. The van der Waals surface area contributed by atoms with E-state index in [9.17, 15) is 15.3 Å². The fourth-order valence-electron chi connectivity index (χ4n) is 8.64. The molecule has 3 heteroatoms. The number of hydrogen-bond acceptors (Lipinski definition) is 3. The summed E-state index contributed by atoms with van der Waals surface area (Å²) in [6.07, 6.45) is 19.2. The highest BCUT2D eigenvalue weighted by Crippen LogP contribution is 2.45. The summed E-state index contributed by atoms with van der Waals surface area (Å²) in [5, 5.41) is 32.8. The molecule has 3 fully saturated rings. The standard InChI is InChI=1S/C40H52O3/c1-27(31-17-20-38(41)35(24-31)28-11-5-2-6-12-28)23-34(32-18-21-39(42)36(25-32)29-13-7-3-8-14-29)33-19-22-40(43)37(26-33)30-15-9-4-10-16-30/h17-22,24-30,34,41-43H,2-16,23H2,1H3. The Balaban J connectivity index is 1.36. The van der Waals surface area contributed by atoms with Crippen molar-refractivity contribution in [1.29, 1.82) is 0 Å². The fraction of sp³-hybridized carbons (Fsp3) is 0.550. The monoisotopic (exact) mass is 580 g/mol. The lowest BCUT2D eigenvalue weighted by Crippen LogP contribution is -2.11. The van der Waals surface area contributed by atoms with Crippen LogP contribution < -0.4 is 0 Å². The Kier molecular flexibility index (Phi) is 9.65. The van der Waals surface area contributed by atoms with Gasteiger partial charge in [0.25, 0.3) is 0 Å². The smallest absolute Gasteiger partial charge is 0.119 e. The van der Waals surface area contributed by atoms with Gasteiger partial charge in [-0.3, -0.25) is 0 Å². The van der Waals surface area contributed by atoms with Crippen molar-refractivity contribution in [2.24, 2.45) is 0 Å². The van der Waals surface area contributed by atoms with E-state index in [4.69, 9.17) is 0 Å². The van der Waals surface area contributed by atoms with Gasteiger partial charge in [-0.25, -0.2) is 0 Å². The van der Waals surface area contributed by atoms with E-state index < -0.39 is 0 Å². The molecule has 0 spiro atoms. The average molecular weight is 581 g/mol. The lowest BCUT2D eigenvalue weighted by atomic mass is 9.76. The van der Waals surface area contributed by atoms with Gasteiger partial charge in [0.1, 0.15) is 17.2 Å². The topological polar surface area (TPSA) is 60.7 Å². The third-order valence-electron chi connectivity index (χ3n) is 11.3. The lowest BCUT2D eigenvalue weighted by molar-refractivity contribution is 0.413. The molecule has 3 aromatic rings. The summed E-state index contributed by atoms with van der Waals surface area (Å²) < 4.78 is 0. The van der Waals surface area contributed by atoms with Crippen molar-refractivity contribution in [1.82, 2.24) is 0 Å². The predicted molar refractivity (Wildman–Crippen MR) is 177 cm³/mol. The summed E-state index contributed by atoms with van der Waals surface area (Å²) in [5.74, 6) is 3.07. The molecule has 0 amide bonds. The van der Waals surface area contributed by atoms with Crippen molar-refractivity contribution in [3.63, 3.8) is 0 Å². The van der Waals surface area contributed by atoms with E-state index >= 15 is 0 Å². The van der Waals surface area contributed by atoms with E-state index in [-0.39, 0.29) is 11.8 Å². The Bertz CT molecular complexity index is 1290. The third-order valence-corrected chi connectivity index (χ3v) is 11.3. The summed E-state index contributed by atoms with van der Waals surface area (Å²) in [4.78, 5) is 0. The number of hydrogen-bond donors (Lipinski definition) is 3. The van der Waals surface area contributed by atoms with Crippen molar-refractivity contribution in [2.45, 2.75) is 139 Å². The van der Waals surface area contributed by atoms with Gasteiger partial charge < -0.3 is 15.3 Å². The summed E-state index contributed by atoms with van der Waals surface area (Å²) in [5.41, 5.74) is 7.18. The van der Waals surface area contributed by atoms with Crippen molar-refractivity contribution in [2.75, 3.05) is 0 Å². The zero-order valence-corrected chi connectivity index (χ0v) is 26.2.